The molecule has 2 fully saturated rings. The standard InChI is InChI=1S/C11H21IN2/c12-14-7-3-11(4-8-14)9-10-1-5-13-6-2-10/h10-11,13H,1-9H2. The van der Waals surface area contributed by atoms with Crippen molar-refractivity contribution in [3.8, 4) is 0 Å². The summed E-state index contributed by atoms with van der Waals surface area (Å²) in [5, 5.41) is 3.45. The second-order valence-electron chi connectivity index (χ2n) is 4.78. The van der Waals surface area contributed by atoms with Crippen LogP contribution in [0.4, 0.5) is 0 Å². The molecule has 2 nitrogen and oxygen atoms in total. The van der Waals surface area contributed by atoms with Gasteiger partial charge in [0.1, 0.15) is 0 Å². The lowest BCUT2D eigenvalue weighted by atomic mass is 9.83. The van der Waals surface area contributed by atoms with Crippen molar-refractivity contribution in [2.45, 2.75) is 32.1 Å². The maximum Gasteiger partial charge on any atom is 0.0201 e. The first-order chi connectivity index (χ1) is 6.84. The van der Waals surface area contributed by atoms with E-state index in [1.165, 1.54) is 58.3 Å². The number of halogens is 1. The SMILES string of the molecule is IN1CCC(CC2CCNCC2)CC1. The highest BCUT2D eigenvalue weighted by Crippen LogP contribution is 2.29. The third kappa shape index (κ3) is 3.35. The van der Waals surface area contributed by atoms with Crippen LogP contribution in [0.25, 0.3) is 0 Å². The topological polar surface area (TPSA) is 15.3 Å². The van der Waals surface area contributed by atoms with Crippen LogP contribution in [0.1, 0.15) is 32.1 Å². The van der Waals surface area contributed by atoms with Gasteiger partial charge in [0.25, 0.3) is 0 Å². The van der Waals surface area contributed by atoms with Crippen molar-refractivity contribution in [2.24, 2.45) is 11.8 Å². The van der Waals surface area contributed by atoms with Gasteiger partial charge < -0.3 is 5.32 Å². The van der Waals surface area contributed by atoms with Gasteiger partial charge in [0.15, 0.2) is 0 Å². The summed E-state index contributed by atoms with van der Waals surface area (Å²) in [6.45, 7) is 5.15. The monoisotopic (exact) mass is 308 g/mol. The minimum atomic E-state index is 1.03. The van der Waals surface area contributed by atoms with Gasteiger partial charge in [-0.15, -0.1) is 0 Å². The van der Waals surface area contributed by atoms with Gasteiger partial charge in [0.05, 0.1) is 0 Å². The van der Waals surface area contributed by atoms with Crippen molar-refractivity contribution in [3.05, 3.63) is 0 Å². The maximum absolute atomic E-state index is 3.45. The molecule has 2 aliphatic rings. The minimum Gasteiger partial charge on any atom is -0.317 e. The molecule has 0 bridgehead atoms. The molecule has 0 aromatic carbocycles. The fraction of sp³-hybridized carbons (Fsp3) is 1.00. The van der Waals surface area contributed by atoms with E-state index in [0.29, 0.717) is 0 Å². The van der Waals surface area contributed by atoms with E-state index in [2.05, 4.69) is 31.3 Å². The van der Waals surface area contributed by atoms with Crippen LogP contribution in [-0.4, -0.2) is 29.3 Å². The summed E-state index contributed by atoms with van der Waals surface area (Å²) in [6, 6.07) is 0. The van der Waals surface area contributed by atoms with Crippen molar-refractivity contribution in [1.82, 2.24) is 8.43 Å². The van der Waals surface area contributed by atoms with Crippen LogP contribution in [0, 0.1) is 11.8 Å². The number of nitrogens with one attached hydrogen (secondary N) is 1. The largest absolute Gasteiger partial charge is 0.317 e. The number of hydrogen-bond donors (Lipinski definition) is 1. The van der Waals surface area contributed by atoms with E-state index in [4.69, 9.17) is 0 Å². The molecular formula is C11H21IN2. The Morgan fingerprint density at radius 2 is 1.57 bits per heavy atom. The Labute approximate surface area is 101 Å². The lowest BCUT2D eigenvalue weighted by Crippen LogP contribution is -2.31. The molecule has 2 saturated heterocycles. The van der Waals surface area contributed by atoms with E-state index in [1.807, 2.05) is 0 Å². The highest BCUT2D eigenvalue weighted by atomic mass is 127. The number of hydrogen-bond acceptors (Lipinski definition) is 2. The zero-order valence-corrected chi connectivity index (χ0v) is 11.0. The van der Waals surface area contributed by atoms with Crippen molar-refractivity contribution >= 4 is 22.9 Å². The molecule has 82 valence electrons. The van der Waals surface area contributed by atoms with Crippen molar-refractivity contribution in [3.63, 3.8) is 0 Å². The van der Waals surface area contributed by atoms with Crippen LogP contribution in [0.2, 0.25) is 0 Å². The zero-order valence-electron chi connectivity index (χ0n) is 8.84. The van der Waals surface area contributed by atoms with Crippen molar-refractivity contribution in [1.29, 1.82) is 0 Å². The molecule has 2 rings (SSSR count). The second kappa shape index (κ2) is 5.66. The Balaban J connectivity index is 1.68. The third-order valence-corrected chi connectivity index (χ3v) is 4.65. The second-order valence-corrected chi connectivity index (χ2v) is 6.15. The molecule has 0 saturated carbocycles. The van der Waals surface area contributed by atoms with Crippen LogP contribution < -0.4 is 5.32 Å². The molecule has 0 radical (unpaired) electrons. The van der Waals surface area contributed by atoms with Gasteiger partial charge in [-0.3, -0.25) is 0 Å². The smallest absolute Gasteiger partial charge is 0.0201 e. The molecule has 0 aromatic rings. The fourth-order valence-corrected chi connectivity index (χ4v) is 3.28. The predicted molar refractivity (Wildman–Crippen MR) is 68.5 cm³/mol. The summed E-state index contributed by atoms with van der Waals surface area (Å²) >= 11 is 2.46. The van der Waals surface area contributed by atoms with E-state index < -0.39 is 0 Å². The van der Waals surface area contributed by atoms with E-state index >= 15 is 0 Å². The quantitative estimate of drug-likeness (QED) is 0.623. The van der Waals surface area contributed by atoms with Gasteiger partial charge >= 0.3 is 0 Å². The number of piperidine rings is 2. The third-order valence-electron chi connectivity index (χ3n) is 3.69. The summed E-state index contributed by atoms with van der Waals surface area (Å²) in [4.78, 5) is 0. The molecule has 0 spiro atoms. The predicted octanol–water partition coefficient (Wildman–Crippen LogP) is 2.44. The van der Waals surface area contributed by atoms with E-state index in [9.17, 15) is 0 Å². The van der Waals surface area contributed by atoms with Gasteiger partial charge in [-0.25, -0.2) is 3.11 Å². The Morgan fingerprint density at radius 1 is 1.00 bits per heavy atom. The fourth-order valence-electron chi connectivity index (χ4n) is 2.73. The van der Waals surface area contributed by atoms with Crippen molar-refractivity contribution in [2.75, 3.05) is 26.2 Å². The summed E-state index contributed by atoms with van der Waals surface area (Å²) < 4.78 is 2.44. The highest BCUT2D eigenvalue weighted by Gasteiger charge is 2.22. The number of nitrogens with zero attached hydrogens (tertiary/aromatic N) is 1. The Hall–Kier alpha value is 0.650. The molecule has 0 unspecified atom stereocenters. The molecule has 2 heterocycles. The molecule has 3 heteroatoms. The summed E-state index contributed by atoms with van der Waals surface area (Å²) in [7, 11) is 0. The molecule has 14 heavy (non-hydrogen) atoms. The van der Waals surface area contributed by atoms with Crippen LogP contribution in [0.5, 0.6) is 0 Å². The summed E-state index contributed by atoms with van der Waals surface area (Å²) in [5.74, 6) is 2.06. The zero-order chi connectivity index (χ0) is 9.80. The van der Waals surface area contributed by atoms with Gasteiger partial charge in [0.2, 0.25) is 0 Å². The molecule has 0 aromatic heterocycles. The molecular weight excluding hydrogens is 287 g/mol. The average Bonchev–Trinajstić information content (AvgIpc) is 2.23. The normalized spacial score (nSPS) is 28.1. The van der Waals surface area contributed by atoms with E-state index in [1.54, 1.807) is 0 Å². The summed E-state index contributed by atoms with van der Waals surface area (Å²) in [5.41, 5.74) is 0. The first kappa shape index (κ1) is 11.1. The van der Waals surface area contributed by atoms with Crippen LogP contribution >= 0.6 is 22.9 Å². The van der Waals surface area contributed by atoms with E-state index in [0.717, 1.165) is 11.8 Å². The Bertz CT molecular complexity index is 161. The van der Waals surface area contributed by atoms with Gasteiger partial charge in [-0.05, 0) is 57.0 Å². The highest BCUT2D eigenvalue weighted by molar-refractivity contribution is 14.1. The molecule has 0 amide bonds. The Morgan fingerprint density at radius 3 is 2.21 bits per heavy atom. The number of rotatable bonds is 2. The Kier molecular flexibility index (Phi) is 4.50. The first-order valence-electron chi connectivity index (χ1n) is 5.96. The van der Waals surface area contributed by atoms with Gasteiger partial charge in [-0.1, -0.05) is 0 Å². The molecule has 2 aliphatic heterocycles. The maximum atomic E-state index is 3.45. The van der Waals surface area contributed by atoms with Crippen LogP contribution in [0.3, 0.4) is 0 Å². The average molecular weight is 308 g/mol. The lowest BCUT2D eigenvalue weighted by molar-refractivity contribution is 0.234. The van der Waals surface area contributed by atoms with Crippen molar-refractivity contribution < 1.29 is 0 Å². The van der Waals surface area contributed by atoms with E-state index in [-0.39, 0.29) is 0 Å². The lowest BCUT2D eigenvalue weighted by Gasteiger charge is -2.31. The van der Waals surface area contributed by atoms with Gasteiger partial charge in [-0.2, -0.15) is 0 Å². The molecule has 0 aliphatic carbocycles. The summed E-state index contributed by atoms with van der Waals surface area (Å²) in [6.07, 6.45) is 7.22. The first-order valence-corrected chi connectivity index (χ1v) is 6.92. The molecule has 0 atom stereocenters. The molecule has 1 N–H and O–H groups in total. The van der Waals surface area contributed by atoms with Crippen LogP contribution in [0.15, 0.2) is 0 Å². The van der Waals surface area contributed by atoms with Crippen LogP contribution in [-0.2, 0) is 0 Å². The van der Waals surface area contributed by atoms with Gasteiger partial charge in [0, 0.05) is 36.0 Å². The minimum absolute atomic E-state index is 1.03.